The van der Waals surface area contributed by atoms with Crippen LogP contribution in [0.1, 0.15) is 33.1 Å². The van der Waals surface area contributed by atoms with Crippen LogP contribution in [0.4, 0.5) is 0 Å². The second kappa shape index (κ2) is 5.42. The Bertz CT molecular complexity index is 350. The molecule has 0 heterocycles. The molecular formula is C10H20N2O2S2. The summed E-state index contributed by atoms with van der Waals surface area (Å²) < 4.78 is 26.4. The molecule has 0 aromatic carbocycles. The quantitative estimate of drug-likeness (QED) is 0.673. The van der Waals surface area contributed by atoms with Crippen molar-refractivity contribution in [2.75, 3.05) is 6.54 Å². The number of rotatable bonds is 7. The van der Waals surface area contributed by atoms with Crippen molar-refractivity contribution in [1.82, 2.24) is 4.72 Å². The summed E-state index contributed by atoms with van der Waals surface area (Å²) in [7, 11) is -3.39. The molecule has 0 amide bonds. The number of nitrogens with two attached hydrogens (primary N) is 1. The largest absolute Gasteiger partial charge is 0.392 e. The van der Waals surface area contributed by atoms with Crippen LogP contribution in [0.3, 0.4) is 0 Å². The van der Waals surface area contributed by atoms with Crippen LogP contribution in [0.2, 0.25) is 0 Å². The Balaban J connectivity index is 2.52. The van der Waals surface area contributed by atoms with E-state index in [1.807, 2.05) is 0 Å². The standard InChI is InChI=1S/C10H20N2O2S2/c1-3-9(10(11)15)16(13,14)12-6-7(2)8-4-5-8/h7-9,12H,3-6H2,1-2H3,(H2,11,15). The molecule has 2 unspecified atom stereocenters. The Morgan fingerprint density at radius 3 is 2.50 bits per heavy atom. The van der Waals surface area contributed by atoms with Gasteiger partial charge in [-0.3, -0.25) is 0 Å². The van der Waals surface area contributed by atoms with Gasteiger partial charge in [0, 0.05) is 6.54 Å². The van der Waals surface area contributed by atoms with Crippen LogP contribution in [0.25, 0.3) is 0 Å². The van der Waals surface area contributed by atoms with Crippen LogP contribution in [0.15, 0.2) is 0 Å². The van der Waals surface area contributed by atoms with E-state index in [1.54, 1.807) is 6.92 Å². The average molecular weight is 264 g/mol. The zero-order chi connectivity index (χ0) is 12.3. The van der Waals surface area contributed by atoms with Gasteiger partial charge in [0.25, 0.3) is 0 Å². The highest BCUT2D eigenvalue weighted by Crippen LogP contribution is 2.36. The second-order valence-electron chi connectivity index (χ2n) is 4.51. The summed E-state index contributed by atoms with van der Waals surface area (Å²) in [5.41, 5.74) is 5.42. The normalized spacial score (nSPS) is 20.4. The van der Waals surface area contributed by atoms with E-state index in [0.29, 0.717) is 24.8 Å². The predicted octanol–water partition coefficient (Wildman–Crippen LogP) is 1.02. The summed E-state index contributed by atoms with van der Waals surface area (Å²) >= 11 is 4.77. The fourth-order valence-corrected chi connectivity index (χ4v) is 3.74. The van der Waals surface area contributed by atoms with Gasteiger partial charge in [-0.1, -0.05) is 26.1 Å². The molecule has 0 radical (unpaired) electrons. The van der Waals surface area contributed by atoms with Gasteiger partial charge in [-0.25, -0.2) is 13.1 Å². The zero-order valence-electron chi connectivity index (χ0n) is 9.77. The Morgan fingerprint density at radius 1 is 1.56 bits per heavy atom. The van der Waals surface area contributed by atoms with Crippen molar-refractivity contribution in [1.29, 1.82) is 0 Å². The third-order valence-corrected chi connectivity index (χ3v) is 5.44. The fourth-order valence-electron chi connectivity index (χ4n) is 1.75. The van der Waals surface area contributed by atoms with E-state index in [1.165, 1.54) is 12.8 Å². The summed E-state index contributed by atoms with van der Waals surface area (Å²) in [6.07, 6.45) is 2.85. The monoisotopic (exact) mass is 264 g/mol. The first-order valence-corrected chi connectivity index (χ1v) is 7.61. The van der Waals surface area contributed by atoms with Crippen molar-refractivity contribution in [2.45, 2.75) is 38.4 Å². The molecular weight excluding hydrogens is 244 g/mol. The zero-order valence-corrected chi connectivity index (χ0v) is 11.4. The maximum absolute atomic E-state index is 11.9. The molecule has 1 rings (SSSR count). The first kappa shape index (κ1) is 13.9. The summed E-state index contributed by atoms with van der Waals surface area (Å²) in [4.78, 5) is 0.0501. The second-order valence-corrected chi connectivity index (χ2v) is 6.93. The molecule has 0 saturated heterocycles. The van der Waals surface area contributed by atoms with Crippen molar-refractivity contribution in [2.24, 2.45) is 17.6 Å². The first-order valence-electron chi connectivity index (χ1n) is 5.66. The number of nitrogens with one attached hydrogen (secondary N) is 1. The number of hydrogen-bond donors (Lipinski definition) is 2. The van der Waals surface area contributed by atoms with Gasteiger partial charge in [-0.05, 0) is 31.1 Å². The molecule has 1 aliphatic carbocycles. The lowest BCUT2D eigenvalue weighted by molar-refractivity contribution is 0.490. The van der Waals surface area contributed by atoms with Crippen LogP contribution in [0, 0.1) is 11.8 Å². The average Bonchev–Trinajstić information content (AvgIpc) is 2.97. The Morgan fingerprint density at radius 2 is 2.12 bits per heavy atom. The minimum absolute atomic E-state index is 0.0501. The van der Waals surface area contributed by atoms with E-state index >= 15 is 0 Å². The topological polar surface area (TPSA) is 72.2 Å². The smallest absolute Gasteiger partial charge is 0.221 e. The van der Waals surface area contributed by atoms with Crippen LogP contribution in [-0.2, 0) is 10.0 Å². The van der Waals surface area contributed by atoms with Crippen LogP contribution in [0.5, 0.6) is 0 Å². The van der Waals surface area contributed by atoms with E-state index in [9.17, 15) is 8.42 Å². The van der Waals surface area contributed by atoms with Gasteiger partial charge in [-0.2, -0.15) is 0 Å². The maximum Gasteiger partial charge on any atom is 0.221 e. The highest BCUT2D eigenvalue weighted by atomic mass is 32.2. The molecule has 1 aliphatic rings. The van der Waals surface area contributed by atoms with Gasteiger partial charge in [-0.15, -0.1) is 0 Å². The Labute approximate surface area is 103 Å². The molecule has 16 heavy (non-hydrogen) atoms. The highest BCUT2D eigenvalue weighted by molar-refractivity contribution is 7.93. The van der Waals surface area contributed by atoms with Crippen molar-refractivity contribution >= 4 is 27.2 Å². The Kier molecular flexibility index (Phi) is 4.70. The molecule has 3 N–H and O–H groups in total. The molecule has 1 saturated carbocycles. The minimum atomic E-state index is -3.39. The third kappa shape index (κ3) is 3.68. The van der Waals surface area contributed by atoms with Crippen molar-refractivity contribution in [3.8, 4) is 0 Å². The van der Waals surface area contributed by atoms with Gasteiger partial charge in [0.05, 0.1) is 4.99 Å². The van der Waals surface area contributed by atoms with Crippen LogP contribution in [-0.4, -0.2) is 25.2 Å². The van der Waals surface area contributed by atoms with Crippen molar-refractivity contribution < 1.29 is 8.42 Å². The molecule has 0 aromatic rings. The lowest BCUT2D eigenvalue weighted by Gasteiger charge is -2.17. The lowest BCUT2D eigenvalue weighted by atomic mass is 10.1. The van der Waals surface area contributed by atoms with Crippen LogP contribution >= 0.6 is 12.2 Å². The molecule has 1 fully saturated rings. The van der Waals surface area contributed by atoms with Gasteiger partial charge < -0.3 is 5.73 Å². The molecule has 6 heteroatoms. The van der Waals surface area contributed by atoms with Gasteiger partial charge >= 0.3 is 0 Å². The van der Waals surface area contributed by atoms with Crippen LogP contribution < -0.4 is 10.5 Å². The molecule has 0 spiro atoms. The van der Waals surface area contributed by atoms with Crippen molar-refractivity contribution in [3.63, 3.8) is 0 Å². The van der Waals surface area contributed by atoms with E-state index < -0.39 is 15.3 Å². The molecule has 0 aromatic heterocycles. The first-order chi connectivity index (χ1) is 7.38. The Hall–Kier alpha value is -0.200. The summed E-state index contributed by atoms with van der Waals surface area (Å²) in [5, 5.41) is -0.742. The minimum Gasteiger partial charge on any atom is -0.392 e. The summed E-state index contributed by atoms with van der Waals surface area (Å²) in [6.45, 7) is 4.33. The SMILES string of the molecule is CCC(C(N)=S)S(=O)(=O)NCC(C)C1CC1. The molecule has 2 atom stereocenters. The molecule has 0 aliphatic heterocycles. The van der Waals surface area contributed by atoms with E-state index in [4.69, 9.17) is 18.0 Å². The van der Waals surface area contributed by atoms with E-state index in [-0.39, 0.29) is 4.99 Å². The summed E-state index contributed by atoms with van der Waals surface area (Å²) in [5.74, 6) is 1.09. The molecule has 4 nitrogen and oxygen atoms in total. The number of hydrogen-bond acceptors (Lipinski definition) is 3. The van der Waals surface area contributed by atoms with Crippen molar-refractivity contribution in [3.05, 3.63) is 0 Å². The van der Waals surface area contributed by atoms with Gasteiger partial charge in [0.1, 0.15) is 5.25 Å². The maximum atomic E-state index is 11.9. The lowest BCUT2D eigenvalue weighted by Crippen LogP contribution is -2.43. The molecule has 94 valence electrons. The van der Waals surface area contributed by atoms with E-state index in [0.717, 1.165) is 0 Å². The summed E-state index contributed by atoms with van der Waals surface area (Å²) in [6, 6.07) is 0. The predicted molar refractivity (Wildman–Crippen MR) is 69.7 cm³/mol. The third-order valence-electron chi connectivity index (χ3n) is 3.10. The van der Waals surface area contributed by atoms with Gasteiger partial charge in [0.2, 0.25) is 10.0 Å². The highest BCUT2D eigenvalue weighted by Gasteiger charge is 2.31. The number of sulfonamides is 1. The fraction of sp³-hybridized carbons (Fsp3) is 0.900. The molecule has 0 bridgehead atoms. The number of thiocarbonyl (C=S) groups is 1. The van der Waals surface area contributed by atoms with Gasteiger partial charge in [0.15, 0.2) is 0 Å². The van der Waals surface area contributed by atoms with E-state index in [2.05, 4.69) is 11.6 Å².